The minimum atomic E-state index is -1.12. The standard InChI is InChI=1S/C13H17N3O3/c1-9-8-15(2)5-6-16(9)12(17)10-3-4-14-11(7-10)13(18)19/h3-4,7,9H,5-6,8H2,1-2H3,(H,18,19). The number of nitrogens with zero attached hydrogens (tertiary/aromatic N) is 3. The van der Waals surface area contributed by atoms with E-state index in [1.54, 1.807) is 11.0 Å². The lowest BCUT2D eigenvalue weighted by Gasteiger charge is -2.38. The number of rotatable bonds is 2. The molecule has 0 radical (unpaired) electrons. The monoisotopic (exact) mass is 263 g/mol. The lowest BCUT2D eigenvalue weighted by atomic mass is 10.1. The SMILES string of the molecule is CC1CN(C)CCN1C(=O)c1ccnc(C(=O)O)c1. The smallest absolute Gasteiger partial charge is 0.354 e. The number of aromatic nitrogens is 1. The third-order valence-corrected chi connectivity index (χ3v) is 3.32. The Morgan fingerprint density at radius 2 is 2.16 bits per heavy atom. The van der Waals surface area contributed by atoms with E-state index in [9.17, 15) is 9.59 Å². The first-order valence-electron chi connectivity index (χ1n) is 6.18. The minimum Gasteiger partial charge on any atom is -0.477 e. The molecule has 6 heteroatoms. The number of aromatic carboxylic acids is 1. The molecule has 6 nitrogen and oxygen atoms in total. The summed E-state index contributed by atoms with van der Waals surface area (Å²) in [5, 5.41) is 8.89. The molecule has 2 heterocycles. The van der Waals surface area contributed by atoms with Gasteiger partial charge >= 0.3 is 5.97 Å². The second kappa shape index (κ2) is 5.36. The summed E-state index contributed by atoms with van der Waals surface area (Å²) in [6.07, 6.45) is 1.36. The maximum absolute atomic E-state index is 12.4. The average Bonchev–Trinajstić information content (AvgIpc) is 2.38. The Hall–Kier alpha value is -1.95. The highest BCUT2D eigenvalue weighted by Crippen LogP contribution is 2.13. The van der Waals surface area contributed by atoms with Gasteiger partial charge in [-0.25, -0.2) is 9.78 Å². The summed E-state index contributed by atoms with van der Waals surface area (Å²) >= 11 is 0. The van der Waals surface area contributed by atoms with Crippen molar-refractivity contribution >= 4 is 11.9 Å². The fourth-order valence-corrected chi connectivity index (χ4v) is 2.29. The number of carbonyl (C=O) groups excluding carboxylic acids is 1. The van der Waals surface area contributed by atoms with Crippen molar-refractivity contribution in [2.24, 2.45) is 0 Å². The van der Waals surface area contributed by atoms with Crippen LogP contribution in [0.2, 0.25) is 0 Å². The van der Waals surface area contributed by atoms with E-state index in [2.05, 4.69) is 9.88 Å². The van der Waals surface area contributed by atoms with Crippen LogP contribution in [0.25, 0.3) is 0 Å². The van der Waals surface area contributed by atoms with E-state index in [0.29, 0.717) is 12.1 Å². The van der Waals surface area contributed by atoms with E-state index in [1.165, 1.54) is 12.3 Å². The first kappa shape index (κ1) is 13.5. The minimum absolute atomic E-state index is 0.104. The molecule has 0 spiro atoms. The van der Waals surface area contributed by atoms with E-state index >= 15 is 0 Å². The Labute approximate surface area is 111 Å². The number of carboxylic acid groups (broad SMARTS) is 1. The Balaban J connectivity index is 2.19. The molecule has 1 aliphatic heterocycles. The molecule has 19 heavy (non-hydrogen) atoms. The van der Waals surface area contributed by atoms with Gasteiger partial charge in [-0.1, -0.05) is 0 Å². The quantitative estimate of drug-likeness (QED) is 0.843. The van der Waals surface area contributed by atoms with E-state index in [4.69, 9.17) is 5.11 Å². The van der Waals surface area contributed by atoms with E-state index in [1.807, 2.05) is 14.0 Å². The molecule has 0 saturated carbocycles. The molecular formula is C13H17N3O3. The molecule has 1 fully saturated rings. The van der Waals surface area contributed by atoms with E-state index in [0.717, 1.165) is 13.1 Å². The predicted molar refractivity (Wildman–Crippen MR) is 69.2 cm³/mol. The first-order chi connectivity index (χ1) is 8.99. The van der Waals surface area contributed by atoms with Crippen LogP contribution >= 0.6 is 0 Å². The van der Waals surface area contributed by atoms with Crippen molar-refractivity contribution in [2.75, 3.05) is 26.7 Å². The summed E-state index contributed by atoms with van der Waals surface area (Å²) in [5.41, 5.74) is 0.274. The van der Waals surface area contributed by atoms with Gasteiger partial charge in [-0.05, 0) is 26.1 Å². The van der Waals surface area contributed by atoms with Gasteiger partial charge < -0.3 is 14.9 Å². The van der Waals surface area contributed by atoms with Gasteiger partial charge in [0.25, 0.3) is 5.91 Å². The van der Waals surface area contributed by atoms with Crippen LogP contribution in [0, 0.1) is 0 Å². The maximum Gasteiger partial charge on any atom is 0.354 e. The fraction of sp³-hybridized carbons (Fsp3) is 0.462. The summed E-state index contributed by atoms with van der Waals surface area (Å²) in [7, 11) is 2.02. The van der Waals surface area contributed by atoms with Gasteiger partial charge in [0, 0.05) is 37.4 Å². The summed E-state index contributed by atoms with van der Waals surface area (Å²) in [6, 6.07) is 3.00. The third-order valence-electron chi connectivity index (χ3n) is 3.32. The van der Waals surface area contributed by atoms with Crippen LogP contribution in [0.15, 0.2) is 18.3 Å². The number of amides is 1. The zero-order chi connectivity index (χ0) is 14.0. The molecule has 1 aromatic heterocycles. The molecule has 102 valence electrons. The Morgan fingerprint density at radius 3 is 2.79 bits per heavy atom. The van der Waals surface area contributed by atoms with Crippen LogP contribution in [-0.4, -0.2) is 64.5 Å². The molecule has 1 unspecified atom stereocenters. The number of hydrogen-bond donors (Lipinski definition) is 1. The highest BCUT2D eigenvalue weighted by atomic mass is 16.4. The Kier molecular flexibility index (Phi) is 3.80. The van der Waals surface area contributed by atoms with Gasteiger partial charge in [-0.2, -0.15) is 0 Å². The van der Waals surface area contributed by atoms with Crippen LogP contribution in [-0.2, 0) is 0 Å². The summed E-state index contributed by atoms with van der Waals surface area (Å²) in [5.74, 6) is -1.26. The van der Waals surface area contributed by atoms with Gasteiger partial charge in [0.15, 0.2) is 0 Å². The van der Waals surface area contributed by atoms with Crippen molar-refractivity contribution in [3.05, 3.63) is 29.6 Å². The molecule has 1 aliphatic rings. The number of carboxylic acids is 1. The lowest BCUT2D eigenvalue weighted by Crippen LogP contribution is -2.52. The second-order valence-corrected chi connectivity index (χ2v) is 4.84. The fourth-order valence-electron chi connectivity index (χ4n) is 2.29. The van der Waals surface area contributed by atoms with Crippen LogP contribution in [0.3, 0.4) is 0 Å². The lowest BCUT2D eigenvalue weighted by molar-refractivity contribution is 0.0533. The van der Waals surface area contributed by atoms with Crippen LogP contribution < -0.4 is 0 Å². The number of carbonyl (C=O) groups is 2. The highest BCUT2D eigenvalue weighted by molar-refractivity contribution is 5.96. The van der Waals surface area contributed by atoms with Crippen LogP contribution in [0.4, 0.5) is 0 Å². The van der Waals surface area contributed by atoms with Crippen molar-refractivity contribution < 1.29 is 14.7 Å². The van der Waals surface area contributed by atoms with E-state index in [-0.39, 0.29) is 17.6 Å². The van der Waals surface area contributed by atoms with Crippen molar-refractivity contribution in [3.63, 3.8) is 0 Å². The van der Waals surface area contributed by atoms with Gasteiger partial charge in [0.05, 0.1) is 0 Å². The maximum atomic E-state index is 12.4. The van der Waals surface area contributed by atoms with Crippen molar-refractivity contribution in [1.82, 2.24) is 14.8 Å². The summed E-state index contributed by atoms with van der Waals surface area (Å²) < 4.78 is 0. The summed E-state index contributed by atoms with van der Waals surface area (Å²) in [4.78, 5) is 30.9. The number of likely N-dealkylation sites (N-methyl/N-ethyl adjacent to an activating group) is 1. The largest absolute Gasteiger partial charge is 0.477 e. The van der Waals surface area contributed by atoms with Gasteiger partial charge in [-0.15, -0.1) is 0 Å². The number of pyridine rings is 1. The van der Waals surface area contributed by atoms with Crippen LogP contribution in [0.5, 0.6) is 0 Å². The molecule has 1 N–H and O–H groups in total. The average molecular weight is 263 g/mol. The van der Waals surface area contributed by atoms with Gasteiger partial charge in [-0.3, -0.25) is 4.79 Å². The molecule has 1 aromatic rings. The van der Waals surface area contributed by atoms with Crippen LogP contribution in [0.1, 0.15) is 27.8 Å². The van der Waals surface area contributed by atoms with Crippen molar-refractivity contribution in [1.29, 1.82) is 0 Å². The molecule has 1 atom stereocenters. The zero-order valence-corrected chi connectivity index (χ0v) is 11.0. The molecule has 0 bridgehead atoms. The topological polar surface area (TPSA) is 73.7 Å². The molecule has 0 aliphatic carbocycles. The Bertz CT molecular complexity index is 504. The number of hydrogen-bond acceptors (Lipinski definition) is 4. The normalized spacial score (nSPS) is 20.3. The predicted octanol–water partition coefficient (Wildman–Crippen LogP) is 0.556. The zero-order valence-electron chi connectivity index (χ0n) is 11.0. The third kappa shape index (κ3) is 2.90. The van der Waals surface area contributed by atoms with Crippen molar-refractivity contribution in [2.45, 2.75) is 13.0 Å². The molecule has 1 amide bonds. The number of piperazine rings is 1. The molecular weight excluding hydrogens is 246 g/mol. The Morgan fingerprint density at radius 1 is 1.42 bits per heavy atom. The summed E-state index contributed by atoms with van der Waals surface area (Å²) in [6.45, 7) is 4.30. The highest BCUT2D eigenvalue weighted by Gasteiger charge is 2.26. The van der Waals surface area contributed by atoms with Gasteiger partial charge in [0.2, 0.25) is 0 Å². The molecule has 2 rings (SSSR count). The first-order valence-corrected chi connectivity index (χ1v) is 6.18. The van der Waals surface area contributed by atoms with Gasteiger partial charge in [0.1, 0.15) is 5.69 Å². The molecule has 0 aromatic carbocycles. The second-order valence-electron chi connectivity index (χ2n) is 4.84. The molecule has 1 saturated heterocycles. The van der Waals surface area contributed by atoms with E-state index < -0.39 is 5.97 Å². The van der Waals surface area contributed by atoms with Crippen molar-refractivity contribution in [3.8, 4) is 0 Å².